The van der Waals surface area contributed by atoms with Crippen molar-refractivity contribution < 1.29 is 5.11 Å². The Morgan fingerprint density at radius 1 is 1.50 bits per heavy atom. The molecule has 0 radical (unpaired) electrons. The van der Waals surface area contributed by atoms with E-state index in [0.717, 1.165) is 19.3 Å². The smallest absolute Gasteiger partial charge is 0.0622 e. The lowest BCUT2D eigenvalue weighted by Crippen LogP contribution is -2.04. The third kappa shape index (κ3) is 5.58. The van der Waals surface area contributed by atoms with Crippen LogP contribution in [0.5, 0.6) is 0 Å². The molecule has 1 N–H and O–H groups in total. The Labute approximate surface area is 62.5 Å². The maximum atomic E-state index is 9.16. The van der Waals surface area contributed by atoms with Crippen LogP contribution in [-0.4, -0.2) is 11.2 Å². The van der Waals surface area contributed by atoms with Gasteiger partial charge in [-0.3, -0.25) is 0 Å². The summed E-state index contributed by atoms with van der Waals surface area (Å²) < 4.78 is 0. The first kappa shape index (κ1) is 9.45. The largest absolute Gasteiger partial charge is 0.393 e. The molecule has 0 spiro atoms. The van der Waals surface area contributed by atoms with E-state index in [0.29, 0.717) is 12.8 Å². The van der Waals surface area contributed by atoms with Crippen LogP contribution in [0.15, 0.2) is 0 Å². The maximum absolute atomic E-state index is 9.16. The highest BCUT2D eigenvalue weighted by Crippen LogP contribution is 2.05. The Bertz CT molecular complexity index is 106. The maximum Gasteiger partial charge on any atom is 0.0622 e. The third-order valence-electron chi connectivity index (χ3n) is 1.48. The summed E-state index contributed by atoms with van der Waals surface area (Å²) in [5.41, 5.74) is 0. The SMILES string of the molecule is CCCCC(O)CCC#N. The summed E-state index contributed by atoms with van der Waals surface area (Å²) in [5.74, 6) is 0. The van der Waals surface area contributed by atoms with Gasteiger partial charge in [0, 0.05) is 6.42 Å². The molecular weight excluding hydrogens is 126 g/mol. The topological polar surface area (TPSA) is 44.0 Å². The fourth-order valence-corrected chi connectivity index (χ4v) is 0.815. The number of aliphatic hydroxyl groups excluding tert-OH is 1. The minimum atomic E-state index is -0.250. The molecule has 1 atom stereocenters. The van der Waals surface area contributed by atoms with Crippen LogP contribution < -0.4 is 0 Å². The summed E-state index contributed by atoms with van der Waals surface area (Å²) >= 11 is 0. The molecule has 2 heteroatoms. The fraction of sp³-hybridized carbons (Fsp3) is 0.875. The van der Waals surface area contributed by atoms with Crippen molar-refractivity contribution in [1.29, 1.82) is 5.26 Å². The molecule has 2 nitrogen and oxygen atoms in total. The molecule has 0 saturated heterocycles. The normalized spacial score (nSPS) is 12.5. The first-order valence-corrected chi connectivity index (χ1v) is 3.86. The van der Waals surface area contributed by atoms with Crippen LogP contribution in [0.3, 0.4) is 0 Å². The van der Waals surface area contributed by atoms with Gasteiger partial charge in [-0.25, -0.2) is 0 Å². The van der Waals surface area contributed by atoms with Crippen LogP contribution in [0.25, 0.3) is 0 Å². The number of aliphatic hydroxyl groups is 1. The van der Waals surface area contributed by atoms with Gasteiger partial charge in [0.25, 0.3) is 0 Å². The van der Waals surface area contributed by atoms with Gasteiger partial charge in [-0.15, -0.1) is 0 Å². The van der Waals surface area contributed by atoms with E-state index in [9.17, 15) is 0 Å². The number of hydrogen-bond acceptors (Lipinski definition) is 2. The van der Waals surface area contributed by atoms with E-state index in [-0.39, 0.29) is 6.10 Å². The van der Waals surface area contributed by atoms with Crippen molar-refractivity contribution in [2.75, 3.05) is 0 Å². The van der Waals surface area contributed by atoms with Crippen LogP contribution >= 0.6 is 0 Å². The third-order valence-corrected chi connectivity index (χ3v) is 1.48. The molecule has 0 aliphatic heterocycles. The van der Waals surface area contributed by atoms with Crippen LogP contribution in [0.1, 0.15) is 39.0 Å². The van der Waals surface area contributed by atoms with E-state index in [1.807, 2.05) is 6.07 Å². The highest BCUT2D eigenvalue weighted by atomic mass is 16.3. The van der Waals surface area contributed by atoms with Gasteiger partial charge in [0.15, 0.2) is 0 Å². The predicted octanol–water partition coefficient (Wildman–Crippen LogP) is 1.84. The number of hydrogen-bond donors (Lipinski definition) is 1. The van der Waals surface area contributed by atoms with E-state index in [4.69, 9.17) is 10.4 Å². The Kier molecular flexibility index (Phi) is 6.21. The highest BCUT2D eigenvalue weighted by Gasteiger charge is 2.00. The van der Waals surface area contributed by atoms with Gasteiger partial charge in [0.05, 0.1) is 12.2 Å². The van der Waals surface area contributed by atoms with Crippen molar-refractivity contribution in [2.45, 2.75) is 45.1 Å². The Balaban J connectivity index is 3.10. The molecule has 0 bridgehead atoms. The van der Waals surface area contributed by atoms with Crippen molar-refractivity contribution in [3.05, 3.63) is 0 Å². The molecule has 0 aliphatic carbocycles. The molecule has 0 rings (SSSR count). The number of rotatable bonds is 5. The Morgan fingerprint density at radius 2 is 2.20 bits per heavy atom. The van der Waals surface area contributed by atoms with Crippen molar-refractivity contribution in [3.63, 3.8) is 0 Å². The van der Waals surface area contributed by atoms with E-state index >= 15 is 0 Å². The quantitative estimate of drug-likeness (QED) is 0.635. The summed E-state index contributed by atoms with van der Waals surface area (Å²) in [5, 5.41) is 17.3. The molecule has 0 aliphatic rings. The van der Waals surface area contributed by atoms with Gasteiger partial charge in [-0.2, -0.15) is 5.26 Å². The highest BCUT2D eigenvalue weighted by molar-refractivity contribution is 4.71. The molecule has 0 aromatic heterocycles. The second kappa shape index (κ2) is 6.57. The standard InChI is InChI=1S/C8H15NO/c1-2-3-5-8(10)6-4-7-9/h8,10H,2-6H2,1H3. The second-order valence-corrected chi connectivity index (χ2v) is 2.49. The molecule has 0 fully saturated rings. The zero-order valence-corrected chi connectivity index (χ0v) is 6.51. The van der Waals surface area contributed by atoms with E-state index in [2.05, 4.69) is 6.92 Å². The van der Waals surface area contributed by atoms with Gasteiger partial charge >= 0.3 is 0 Å². The first-order chi connectivity index (χ1) is 4.81. The molecule has 0 saturated carbocycles. The van der Waals surface area contributed by atoms with Crippen LogP contribution in [0.4, 0.5) is 0 Å². The molecule has 0 amide bonds. The lowest BCUT2D eigenvalue weighted by Gasteiger charge is -2.05. The molecule has 0 aromatic rings. The minimum Gasteiger partial charge on any atom is -0.393 e. The molecule has 0 aromatic carbocycles. The molecule has 0 heterocycles. The second-order valence-electron chi connectivity index (χ2n) is 2.49. The van der Waals surface area contributed by atoms with E-state index in [1.165, 1.54) is 0 Å². The van der Waals surface area contributed by atoms with Gasteiger partial charge in [0.2, 0.25) is 0 Å². The zero-order chi connectivity index (χ0) is 7.82. The summed E-state index contributed by atoms with van der Waals surface area (Å²) in [6.07, 6.45) is 3.88. The predicted molar refractivity (Wildman–Crippen MR) is 40.4 cm³/mol. The Hall–Kier alpha value is -0.550. The number of nitriles is 1. The van der Waals surface area contributed by atoms with E-state index < -0.39 is 0 Å². The van der Waals surface area contributed by atoms with Crippen LogP contribution in [0.2, 0.25) is 0 Å². The number of unbranched alkanes of at least 4 members (excludes halogenated alkanes) is 1. The molecular formula is C8H15NO. The minimum absolute atomic E-state index is 0.250. The summed E-state index contributed by atoms with van der Waals surface area (Å²) in [6.45, 7) is 2.09. The van der Waals surface area contributed by atoms with Crippen LogP contribution in [-0.2, 0) is 0 Å². The lowest BCUT2D eigenvalue weighted by molar-refractivity contribution is 0.153. The lowest BCUT2D eigenvalue weighted by atomic mass is 10.1. The first-order valence-electron chi connectivity index (χ1n) is 3.86. The van der Waals surface area contributed by atoms with Gasteiger partial charge < -0.3 is 5.11 Å². The van der Waals surface area contributed by atoms with E-state index in [1.54, 1.807) is 0 Å². The summed E-state index contributed by atoms with van der Waals surface area (Å²) in [4.78, 5) is 0. The fourth-order valence-electron chi connectivity index (χ4n) is 0.815. The van der Waals surface area contributed by atoms with Gasteiger partial charge in [-0.05, 0) is 12.8 Å². The van der Waals surface area contributed by atoms with Crippen molar-refractivity contribution >= 4 is 0 Å². The molecule has 10 heavy (non-hydrogen) atoms. The van der Waals surface area contributed by atoms with Crippen molar-refractivity contribution in [2.24, 2.45) is 0 Å². The Morgan fingerprint density at radius 3 is 2.70 bits per heavy atom. The average Bonchev–Trinajstić information content (AvgIpc) is 1.97. The molecule has 58 valence electrons. The van der Waals surface area contributed by atoms with Crippen molar-refractivity contribution in [3.8, 4) is 6.07 Å². The van der Waals surface area contributed by atoms with Gasteiger partial charge in [-0.1, -0.05) is 19.8 Å². The number of nitrogens with zero attached hydrogens (tertiary/aromatic N) is 1. The zero-order valence-electron chi connectivity index (χ0n) is 6.51. The monoisotopic (exact) mass is 141 g/mol. The summed E-state index contributed by atoms with van der Waals surface area (Å²) in [7, 11) is 0. The van der Waals surface area contributed by atoms with Crippen LogP contribution in [0, 0.1) is 11.3 Å². The molecule has 1 unspecified atom stereocenters. The van der Waals surface area contributed by atoms with Gasteiger partial charge in [0.1, 0.15) is 0 Å². The average molecular weight is 141 g/mol. The summed E-state index contributed by atoms with van der Waals surface area (Å²) in [6, 6.07) is 2.02. The van der Waals surface area contributed by atoms with Crippen molar-refractivity contribution in [1.82, 2.24) is 0 Å².